The van der Waals surface area contributed by atoms with Gasteiger partial charge in [0.05, 0.1) is 11.9 Å². The number of carboxylic acids is 1. The lowest BCUT2D eigenvalue weighted by atomic mass is 10.3. The van der Waals surface area contributed by atoms with Gasteiger partial charge in [-0.3, -0.25) is 9.48 Å². The van der Waals surface area contributed by atoms with Gasteiger partial charge in [0.15, 0.2) is 0 Å². The second kappa shape index (κ2) is 3.93. The van der Waals surface area contributed by atoms with Gasteiger partial charge in [-0.1, -0.05) is 0 Å². The monoisotopic (exact) mass is 183 g/mol. The average molecular weight is 183 g/mol. The van der Waals surface area contributed by atoms with E-state index in [0.717, 1.165) is 12.2 Å². The molecule has 13 heavy (non-hydrogen) atoms. The highest BCUT2D eigenvalue weighted by Gasteiger charge is 2.10. The normalized spacial score (nSPS) is 12.5. The van der Waals surface area contributed by atoms with E-state index in [1.165, 1.54) is 0 Å². The Balaban J connectivity index is 2.58. The third-order valence-electron chi connectivity index (χ3n) is 1.71. The van der Waals surface area contributed by atoms with Gasteiger partial charge in [-0.15, -0.1) is 0 Å². The molecule has 0 fully saturated rings. The fourth-order valence-corrected chi connectivity index (χ4v) is 0.923. The molecule has 1 aromatic heterocycles. The molecule has 5 nitrogen and oxygen atoms in total. The Labute approximate surface area is 76.4 Å². The quantitative estimate of drug-likeness (QED) is 0.724. The maximum absolute atomic E-state index is 10.5. The summed E-state index contributed by atoms with van der Waals surface area (Å²) in [4.78, 5) is 10.5. The Morgan fingerprint density at radius 1 is 1.85 bits per heavy atom. The van der Waals surface area contributed by atoms with Crippen molar-refractivity contribution in [3.8, 4) is 0 Å². The zero-order chi connectivity index (χ0) is 9.84. The van der Waals surface area contributed by atoms with Gasteiger partial charge in [0.2, 0.25) is 0 Å². The van der Waals surface area contributed by atoms with Gasteiger partial charge in [-0.2, -0.15) is 5.10 Å². The molecular formula is C8H13N3O2. The minimum Gasteiger partial charge on any atom is -0.480 e. The van der Waals surface area contributed by atoms with E-state index < -0.39 is 12.0 Å². The van der Waals surface area contributed by atoms with E-state index in [9.17, 15) is 4.79 Å². The number of aryl methyl sites for hydroxylation is 1. The molecule has 5 heteroatoms. The summed E-state index contributed by atoms with van der Waals surface area (Å²) in [5.41, 5.74) is 0.733. The third-order valence-corrected chi connectivity index (χ3v) is 1.71. The summed E-state index contributed by atoms with van der Waals surface area (Å²) in [6.45, 7) is 4.34. The second-order valence-corrected chi connectivity index (χ2v) is 2.79. The van der Waals surface area contributed by atoms with Crippen molar-refractivity contribution >= 4 is 11.7 Å². The molecule has 0 aromatic carbocycles. The van der Waals surface area contributed by atoms with Gasteiger partial charge >= 0.3 is 5.97 Å². The summed E-state index contributed by atoms with van der Waals surface area (Å²) >= 11 is 0. The molecule has 0 spiro atoms. The molecule has 1 aromatic rings. The van der Waals surface area contributed by atoms with Gasteiger partial charge in [-0.05, 0) is 13.8 Å². The fraction of sp³-hybridized carbons (Fsp3) is 0.500. The largest absolute Gasteiger partial charge is 0.480 e. The van der Waals surface area contributed by atoms with Crippen molar-refractivity contribution < 1.29 is 9.90 Å². The zero-order valence-electron chi connectivity index (χ0n) is 7.69. The maximum atomic E-state index is 10.5. The van der Waals surface area contributed by atoms with Crippen molar-refractivity contribution in [2.75, 3.05) is 5.32 Å². The molecule has 0 bridgehead atoms. The molecule has 1 rings (SSSR count). The number of carbonyl (C=O) groups is 1. The van der Waals surface area contributed by atoms with Crippen molar-refractivity contribution in [3.05, 3.63) is 12.4 Å². The van der Waals surface area contributed by atoms with Gasteiger partial charge in [0.25, 0.3) is 0 Å². The third kappa shape index (κ3) is 2.47. The highest BCUT2D eigenvalue weighted by molar-refractivity contribution is 5.76. The van der Waals surface area contributed by atoms with Crippen LogP contribution in [0.25, 0.3) is 0 Å². The predicted octanol–water partition coefficient (Wildman–Crippen LogP) is 0.788. The number of hydrogen-bond acceptors (Lipinski definition) is 3. The van der Waals surface area contributed by atoms with Crippen LogP contribution in [0.15, 0.2) is 12.4 Å². The lowest BCUT2D eigenvalue weighted by Crippen LogP contribution is -2.25. The first-order chi connectivity index (χ1) is 6.13. The van der Waals surface area contributed by atoms with E-state index in [0.29, 0.717) is 0 Å². The Bertz CT molecular complexity index is 295. The van der Waals surface area contributed by atoms with Crippen molar-refractivity contribution in [1.82, 2.24) is 9.78 Å². The van der Waals surface area contributed by atoms with Crippen molar-refractivity contribution in [1.29, 1.82) is 0 Å². The molecule has 2 N–H and O–H groups in total. The number of aliphatic carboxylic acids is 1. The Morgan fingerprint density at radius 2 is 2.54 bits per heavy atom. The van der Waals surface area contributed by atoms with Crippen LogP contribution >= 0.6 is 0 Å². The summed E-state index contributed by atoms with van der Waals surface area (Å²) in [7, 11) is 0. The van der Waals surface area contributed by atoms with E-state index >= 15 is 0 Å². The highest BCUT2D eigenvalue weighted by Crippen LogP contribution is 2.06. The van der Waals surface area contributed by atoms with Gasteiger partial charge in [-0.25, -0.2) is 0 Å². The van der Waals surface area contributed by atoms with E-state index in [2.05, 4.69) is 10.4 Å². The minimum absolute atomic E-state index is 0.588. The van der Waals surface area contributed by atoms with Crippen LogP contribution in [0, 0.1) is 0 Å². The number of hydrogen-bond donors (Lipinski definition) is 2. The SMILES string of the molecule is CCn1cc(NC(C)C(=O)O)cn1. The molecular weight excluding hydrogens is 170 g/mol. The first kappa shape index (κ1) is 9.57. The van der Waals surface area contributed by atoms with Crippen LogP contribution in [0.3, 0.4) is 0 Å². The summed E-state index contributed by atoms with van der Waals surface area (Å²) in [5, 5.41) is 15.4. The first-order valence-electron chi connectivity index (χ1n) is 4.15. The summed E-state index contributed by atoms with van der Waals surface area (Å²) in [6.07, 6.45) is 3.39. The molecule has 0 aliphatic heterocycles. The maximum Gasteiger partial charge on any atom is 0.325 e. The van der Waals surface area contributed by atoms with Crippen molar-refractivity contribution in [2.24, 2.45) is 0 Å². The molecule has 1 atom stereocenters. The van der Waals surface area contributed by atoms with Crippen molar-refractivity contribution in [2.45, 2.75) is 26.4 Å². The Morgan fingerprint density at radius 3 is 3.00 bits per heavy atom. The molecule has 72 valence electrons. The lowest BCUT2D eigenvalue weighted by Gasteiger charge is -2.06. The number of nitrogens with one attached hydrogen (secondary N) is 1. The van der Waals surface area contributed by atoms with Crippen LogP contribution in [-0.4, -0.2) is 26.9 Å². The molecule has 0 amide bonds. The van der Waals surface area contributed by atoms with Gasteiger partial charge < -0.3 is 10.4 Å². The van der Waals surface area contributed by atoms with Crippen LogP contribution in [0.4, 0.5) is 5.69 Å². The van der Waals surface area contributed by atoms with Crippen LogP contribution < -0.4 is 5.32 Å². The van der Waals surface area contributed by atoms with E-state index in [1.54, 1.807) is 24.0 Å². The van der Waals surface area contributed by atoms with Crippen LogP contribution in [0.1, 0.15) is 13.8 Å². The zero-order valence-corrected chi connectivity index (χ0v) is 7.69. The second-order valence-electron chi connectivity index (χ2n) is 2.79. The fourth-order valence-electron chi connectivity index (χ4n) is 0.923. The molecule has 1 unspecified atom stereocenters. The molecule has 0 saturated carbocycles. The standard InChI is InChI=1S/C8H13N3O2/c1-3-11-5-7(4-9-11)10-6(2)8(12)13/h4-6,10H,3H2,1-2H3,(H,12,13). The molecule has 0 saturated heterocycles. The topological polar surface area (TPSA) is 67.2 Å². The number of carboxylic acid groups (broad SMARTS) is 1. The lowest BCUT2D eigenvalue weighted by molar-refractivity contribution is -0.137. The summed E-state index contributed by atoms with van der Waals surface area (Å²) in [6, 6.07) is -0.588. The van der Waals surface area contributed by atoms with Crippen molar-refractivity contribution in [3.63, 3.8) is 0 Å². The molecule has 0 radical (unpaired) electrons. The Hall–Kier alpha value is -1.52. The first-order valence-corrected chi connectivity index (χ1v) is 4.15. The Kier molecular flexibility index (Phi) is 2.89. The number of anilines is 1. The van der Waals surface area contributed by atoms with E-state index in [4.69, 9.17) is 5.11 Å². The molecule has 0 aliphatic carbocycles. The predicted molar refractivity (Wildman–Crippen MR) is 48.6 cm³/mol. The van der Waals surface area contributed by atoms with Crippen LogP contribution in [0.2, 0.25) is 0 Å². The van der Waals surface area contributed by atoms with E-state index in [-0.39, 0.29) is 0 Å². The van der Waals surface area contributed by atoms with Gasteiger partial charge in [0.1, 0.15) is 6.04 Å². The van der Waals surface area contributed by atoms with Crippen LogP contribution in [-0.2, 0) is 11.3 Å². The minimum atomic E-state index is -0.871. The average Bonchev–Trinajstić information content (AvgIpc) is 2.52. The summed E-state index contributed by atoms with van der Waals surface area (Å²) < 4.78 is 1.73. The molecule has 1 heterocycles. The number of rotatable bonds is 4. The molecule has 0 aliphatic rings. The highest BCUT2D eigenvalue weighted by atomic mass is 16.4. The number of nitrogens with zero attached hydrogens (tertiary/aromatic N) is 2. The van der Waals surface area contributed by atoms with Gasteiger partial charge in [0, 0.05) is 12.7 Å². The summed E-state index contributed by atoms with van der Waals surface area (Å²) in [5.74, 6) is -0.871. The smallest absolute Gasteiger partial charge is 0.325 e. The van der Waals surface area contributed by atoms with Crippen LogP contribution in [0.5, 0.6) is 0 Å². The number of aromatic nitrogens is 2. The van der Waals surface area contributed by atoms with E-state index in [1.807, 2.05) is 6.92 Å².